The van der Waals surface area contributed by atoms with Crippen LogP contribution in [0.1, 0.15) is 40.6 Å². The summed E-state index contributed by atoms with van der Waals surface area (Å²) in [6.45, 7) is 9.07. The number of hydrogen-bond donors (Lipinski definition) is 1. The molecule has 1 unspecified atom stereocenters. The van der Waals surface area contributed by atoms with Crippen LogP contribution in [-0.2, 0) is 6.42 Å². The number of aryl methyl sites for hydroxylation is 3. The van der Waals surface area contributed by atoms with E-state index in [1.807, 2.05) is 20.8 Å². The van der Waals surface area contributed by atoms with Gasteiger partial charge in [-0.3, -0.25) is 0 Å². The fourth-order valence-corrected chi connectivity index (χ4v) is 2.95. The number of aromatic nitrogens is 3. The predicted octanol–water partition coefficient (Wildman–Crippen LogP) is 2.75. The Hall–Kier alpha value is -1.33. The molecule has 19 heavy (non-hydrogen) atoms. The molecule has 4 nitrogen and oxygen atoms in total. The number of nitrogens with zero attached hydrogens (tertiary/aromatic N) is 3. The topological polar surface area (TPSA) is 50.7 Å². The number of likely N-dealkylation sites (N-methyl/N-ethyl adjacent to an activating group) is 1. The standard InChI is InChI=1S/C14H20N4S/c1-5-15-13(7-14-16-10(3)8-19-14)12-6-9(2)17-18-11(12)4/h6,8,13,15H,5,7H2,1-4H3. The third-order valence-electron chi connectivity index (χ3n) is 3.01. The first kappa shape index (κ1) is 14.1. The molecule has 0 aromatic carbocycles. The summed E-state index contributed by atoms with van der Waals surface area (Å²) in [5, 5.41) is 15.1. The van der Waals surface area contributed by atoms with Gasteiger partial charge in [-0.2, -0.15) is 10.2 Å². The predicted molar refractivity (Wildman–Crippen MR) is 78.5 cm³/mol. The lowest BCUT2D eigenvalue weighted by Gasteiger charge is -2.18. The molecule has 0 aliphatic carbocycles. The van der Waals surface area contributed by atoms with E-state index in [0.717, 1.165) is 35.1 Å². The number of hydrogen-bond acceptors (Lipinski definition) is 5. The first-order valence-corrected chi connectivity index (χ1v) is 7.43. The molecule has 0 amide bonds. The number of thiazole rings is 1. The Kier molecular flexibility index (Phi) is 4.61. The Morgan fingerprint density at radius 1 is 1.21 bits per heavy atom. The van der Waals surface area contributed by atoms with Gasteiger partial charge in [0.2, 0.25) is 0 Å². The van der Waals surface area contributed by atoms with Crippen molar-refractivity contribution < 1.29 is 0 Å². The molecule has 1 atom stereocenters. The van der Waals surface area contributed by atoms with Gasteiger partial charge in [0.1, 0.15) is 0 Å². The number of nitrogens with one attached hydrogen (secondary N) is 1. The molecule has 0 saturated carbocycles. The van der Waals surface area contributed by atoms with Crippen molar-refractivity contribution in [2.24, 2.45) is 0 Å². The smallest absolute Gasteiger partial charge is 0.0947 e. The van der Waals surface area contributed by atoms with E-state index >= 15 is 0 Å². The summed E-state index contributed by atoms with van der Waals surface area (Å²) >= 11 is 1.72. The van der Waals surface area contributed by atoms with E-state index in [1.54, 1.807) is 11.3 Å². The Morgan fingerprint density at radius 2 is 2.00 bits per heavy atom. The lowest BCUT2D eigenvalue weighted by atomic mass is 10.0. The van der Waals surface area contributed by atoms with Gasteiger partial charge in [-0.05, 0) is 38.9 Å². The summed E-state index contributed by atoms with van der Waals surface area (Å²) in [7, 11) is 0. The molecule has 0 saturated heterocycles. The van der Waals surface area contributed by atoms with Crippen LogP contribution in [0.3, 0.4) is 0 Å². The maximum Gasteiger partial charge on any atom is 0.0947 e. The fraction of sp³-hybridized carbons (Fsp3) is 0.500. The van der Waals surface area contributed by atoms with Crippen LogP contribution < -0.4 is 5.32 Å². The highest BCUT2D eigenvalue weighted by atomic mass is 32.1. The number of rotatable bonds is 5. The average molecular weight is 276 g/mol. The van der Waals surface area contributed by atoms with Crippen LogP contribution in [0, 0.1) is 20.8 Å². The summed E-state index contributed by atoms with van der Waals surface area (Å²) in [4.78, 5) is 4.55. The molecule has 0 aliphatic heterocycles. The van der Waals surface area contributed by atoms with Crippen molar-refractivity contribution in [2.75, 3.05) is 6.54 Å². The van der Waals surface area contributed by atoms with Gasteiger partial charge < -0.3 is 5.32 Å². The quantitative estimate of drug-likeness (QED) is 0.912. The zero-order valence-electron chi connectivity index (χ0n) is 11.9. The molecule has 0 bridgehead atoms. The molecular weight excluding hydrogens is 256 g/mol. The largest absolute Gasteiger partial charge is 0.310 e. The van der Waals surface area contributed by atoms with Gasteiger partial charge in [-0.15, -0.1) is 11.3 Å². The molecule has 2 aromatic heterocycles. The normalized spacial score (nSPS) is 12.6. The van der Waals surface area contributed by atoms with Crippen LogP contribution in [0.4, 0.5) is 0 Å². The fourth-order valence-electron chi connectivity index (χ4n) is 2.13. The van der Waals surface area contributed by atoms with E-state index in [-0.39, 0.29) is 6.04 Å². The molecule has 1 N–H and O–H groups in total. The van der Waals surface area contributed by atoms with Crippen LogP contribution in [0.25, 0.3) is 0 Å². The maximum absolute atomic E-state index is 4.55. The summed E-state index contributed by atoms with van der Waals surface area (Å²) in [6.07, 6.45) is 0.901. The summed E-state index contributed by atoms with van der Waals surface area (Å²) in [5.74, 6) is 0. The van der Waals surface area contributed by atoms with Gasteiger partial charge in [0.05, 0.1) is 16.4 Å². The van der Waals surface area contributed by atoms with E-state index < -0.39 is 0 Å². The molecule has 2 rings (SSSR count). The monoisotopic (exact) mass is 276 g/mol. The molecule has 102 valence electrons. The molecule has 0 radical (unpaired) electrons. The SMILES string of the molecule is CCNC(Cc1nc(C)cs1)c1cc(C)nnc1C. The molecule has 0 aliphatic rings. The van der Waals surface area contributed by atoms with Gasteiger partial charge in [-0.25, -0.2) is 4.98 Å². The summed E-state index contributed by atoms with van der Waals surface area (Å²) in [5.41, 5.74) is 4.27. The molecule has 5 heteroatoms. The van der Waals surface area contributed by atoms with Gasteiger partial charge in [-0.1, -0.05) is 6.92 Å². The second kappa shape index (κ2) is 6.21. The van der Waals surface area contributed by atoms with Crippen LogP contribution in [0.5, 0.6) is 0 Å². The Labute approximate surface area is 118 Å². The van der Waals surface area contributed by atoms with Crippen molar-refractivity contribution in [3.8, 4) is 0 Å². The second-order valence-corrected chi connectivity index (χ2v) is 5.67. The van der Waals surface area contributed by atoms with Crippen molar-refractivity contribution in [3.63, 3.8) is 0 Å². The summed E-state index contributed by atoms with van der Waals surface area (Å²) in [6, 6.07) is 2.38. The van der Waals surface area contributed by atoms with Crippen molar-refractivity contribution in [1.29, 1.82) is 0 Å². The highest BCUT2D eigenvalue weighted by Gasteiger charge is 2.16. The molecular formula is C14H20N4S. The molecule has 2 heterocycles. The van der Waals surface area contributed by atoms with Crippen molar-refractivity contribution in [1.82, 2.24) is 20.5 Å². The van der Waals surface area contributed by atoms with E-state index in [2.05, 4.69) is 38.9 Å². The van der Waals surface area contributed by atoms with Crippen molar-refractivity contribution in [3.05, 3.63) is 39.1 Å². The molecule has 0 spiro atoms. The average Bonchev–Trinajstić information content (AvgIpc) is 2.77. The molecule has 0 fully saturated rings. The summed E-state index contributed by atoms with van der Waals surface area (Å²) < 4.78 is 0. The van der Waals surface area contributed by atoms with Crippen molar-refractivity contribution in [2.45, 2.75) is 40.2 Å². The highest BCUT2D eigenvalue weighted by Crippen LogP contribution is 2.22. The lowest BCUT2D eigenvalue weighted by Crippen LogP contribution is -2.24. The van der Waals surface area contributed by atoms with E-state index in [4.69, 9.17) is 0 Å². The highest BCUT2D eigenvalue weighted by molar-refractivity contribution is 7.09. The Morgan fingerprint density at radius 3 is 2.63 bits per heavy atom. The second-order valence-electron chi connectivity index (χ2n) is 4.72. The van der Waals surface area contributed by atoms with Crippen molar-refractivity contribution >= 4 is 11.3 Å². The van der Waals surface area contributed by atoms with Crippen LogP contribution in [0.2, 0.25) is 0 Å². The van der Waals surface area contributed by atoms with Crippen LogP contribution in [-0.4, -0.2) is 21.7 Å². The van der Waals surface area contributed by atoms with E-state index in [1.165, 1.54) is 5.56 Å². The zero-order valence-corrected chi connectivity index (χ0v) is 12.7. The minimum atomic E-state index is 0.254. The maximum atomic E-state index is 4.55. The van der Waals surface area contributed by atoms with Gasteiger partial charge in [0.15, 0.2) is 0 Å². The lowest BCUT2D eigenvalue weighted by molar-refractivity contribution is 0.541. The molecule has 2 aromatic rings. The van der Waals surface area contributed by atoms with E-state index in [9.17, 15) is 0 Å². The van der Waals surface area contributed by atoms with Gasteiger partial charge in [0.25, 0.3) is 0 Å². The van der Waals surface area contributed by atoms with Gasteiger partial charge in [0, 0.05) is 23.5 Å². The minimum absolute atomic E-state index is 0.254. The third-order valence-corrected chi connectivity index (χ3v) is 4.00. The minimum Gasteiger partial charge on any atom is -0.310 e. The first-order valence-electron chi connectivity index (χ1n) is 6.55. The zero-order chi connectivity index (χ0) is 13.8. The first-order chi connectivity index (χ1) is 9.10. The van der Waals surface area contributed by atoms with Crippen LogP contribution in [0.15, 0.2) is 11.4 Å². The Bertz CT molecular complexity index is 550. The van der Waals surface area contributed by atoms with Gasteiger partial charge >= 0.3 is 0 Å². The van der Waals surface area contributed by atoms with Crippen LogP contribution >= 0.6 is 11.3 Å². The Balaban J connectivity index is 2.26. The van der Waals surface area contributed by atoms with E-state index in [0.29, 0.717) is 0 Å². The third kappa shape index (κ3) is 3.58.